The normalized spacial score (nSPS) is 10.9. The quantitative estimate of drug-likeness (QED) is 0.706. The highest BCUT2D eigenvalue weighted by molar-refractivity contribution is 5.77. The van der Waals surface area contributed by atoms with E-state index in [1.54, 1.807) is 14.2 Å². The molecule has 0 saturated carbocycles. The molecule has 3 rings (SSSR count). The number of methoxy groups -OCH3 is 1. The smallest absolute Gasteiger partial charge is 0.264 e. The molecule has 0 bridgehead atoms. The van der Waals surface area contributed by atoms with Crippen LogP contribution in [0.2, 0.25) is 0 Å². The Labute approximate surface area is 150 Å². The summed E-state index contributed by atoms with van der Waals surface area (Å²) in [4.78, 5) is 28.7. The summed E-state index contributed by atoms with van der Waals surface area (Å²) in [6.07, 6.45) is 3.48. The Morgan fingerprint density at radius 2 is 2.15 bits per heavy atom. The summed E-state index contributed by atoms with van der Waals surface area (Å²) in [5.41, 5.74) is 2.38. The van der Waals surface area contributed by atoms with Crippen molar-refractivity contribution >= 4 is 16.9 Å². The van der Waals surface area contributed by atoms with E-state index in [0.717, 1.165) is 16.9 Å². The summed E-state index contributed by atoms with van der Waals surface area (Å²) in [6, 6.07) is 5.94. The maximum Gasteiger partial charge on any atom is 0.264 e. The first-order valence-electron chi connectivity index (χ1n) is 8.27. The number of benzene rings is 1. The fourth-order valence-electron chi connectivity index (χ4n) is 2.83. The largest absolute Gasteiger partial charge is 0.496 e. The molecular formula is C18H21N5O3. The zero-order valence-electron chi connectivity index (χ0n) is 15.0. The van der Waals surface area contributed by atoms with Crippen molar-refractivity contribution in [2.45, 2.75) is 19.9 Å². The first kappa shape index (κ1) is 17.7. The van der Waals surface area contributed by atoms with Gasteiger partial charge in [0.25, 0.3) is 5.56 Å². The molecule has 0 aliphatic rings. The van der Waals surface area contributed by atoms with E-state index in [0.29, 0.717) is 24.0 Å². The number of nitrogens with zero attached hydrogens (tertiary/aromatic N) is 4. The molecule has 0 saturated heterocycles. The van der Waals surface area contributed by atoms with Gasteiger partial charge in [-0.3, -0.25) is 18.8 Å². The fourth-order valence-corrected chi connectivity index (χ4v) is 2.83. The number of aromatic nitrogens is 4. The second kappa shape index (κ2) is 7.38. The van der Waals surface area contributed by atoms with Crippen LogP contribution in [0.4, 0.5) is 0 Å². The van der Waals surface area contributed by atoms with Gasteiger partial charge in [-0.25, -0.2) is 4.98 Å². The number of hydrogen-bond donors (Lipinski definition) is 1. The first-order valence-corrected chi connectivity index (χ1v) is 8.27. The minimum atomic E-state index is -0.279. The van der Waals surface area contributed by atoms with Gasteiger partial charge in [-0.15, -0.1) is 0 Å². The van der Waals surface area contributed by atoms with Gasteiger partial charge in [-0.2, -0.15) is 5.10 Å². The minimum absolute atomic E-state index is 0.0817. The van der Waals surface area contributed by atoms with Gasteiger partial charge >= 0.3 is 0 Å². The summed E-state index contributed by atoms with van der Waals surface area (Å²) in [6.45, 7) is 2.38. The number of aryl methyl sites for hydroxylation is 2. The lowest BCUT2D eigenvalue weighted by Crippen LogP contribution is -2.33. The molecule has 26 heavy (non-hydrogen) atoms. The number of fused-ring (bicyclic) bond motifs is 1. The molecule has 1 amide bonds. The molecule has 1 aromatic carbocycles. The van der Waals surface area contributed by atoms with Crippen molar-refractivity contribution in [2.24, 2.45) is 7.05 Å². The average molecular weight is 355 g/mol. The number of carbonyl (C=O) groups is 1. The van der Waals surface area contributed by atoms with Crippen LogP contribution >= 0.6 is 0 Å². The lowest BCUT2D eigenvalue weighted by Gasteiger charge is -2.11. The van der Waals surface area contributed by atoms with Gasteiger partial charge in [-0.05, 0) is 25.0 Å². The first-order chi connectivity index (χ1) is 12.5. The Morgan fingerprint density at radius 3 is 2.92 bits per heavy atom. The zero-order chi connectivity index (χ0) is 18.7. The lowest BCUT2D eigenvalue weighted by atomic mass is 10.1. The standard InChI is InChI=1S/C18H21N5O3/c1-12-4-5-15(26-3)13(8-12)6-7-19-16(24)10-23-11-20-17-14(18(23)25)9-21-22(17)2/h4-5,8-9,11H,6-7,10H2,1-3H3,(H,19,24). The maximum atomic E-state index is 12.4. The van der Waals surface area contributed by atoms with Gasteiger partial charge in [0.15, 0.2) is 5.65 Å². The highest BCUT2D eigenvalue weighted by Crippen LogP contribution is 2.19. The van der Waals surface area contributed by atoms with Gasteiger partial charge in [-0.1, -0.05) is 17.7 Å². The lowest BCUT2D eigenvalue weighted by molar-refractivity contribution is -0.121. The van der Waals surface area contributed by atoms with E-state index in [1.807, 2.05) is 25.1 Å². The SMILES string of the molecule is COc1ccc(C)cc1CCNC(=O)Cn1cnc2c(cnn2C)c1=O. The van der Waals surface area contributed by atoms with Crippen LogP contribution in [-0.2, 0) is 24.8 Å². The Balaban J connectivity index is 1.62. The minimum Gasteiger partial charge on any atom is -0.496 e. The van der Waals surface area contributed by atoms with E-state index in [4.69, 9.17) is 4.74 Å². The Kier molecular flexibility index (Phi) is 5.01. The third-order valence-electron chi connectivity index (χ3n) is 4.18. The third-order valence-corrected chi connectivity index (χ3v) is 4.18. The Morgan fingerprint density at radius 1 is 1.35 bits per heavy atom. The second-order valence-electron chi connectivity index (χ2n) is 6.10. The highest BCUT2D eigenvalue weighted by atomic mass is 16.5. The molecule has 136 valence electrons. The topological polar surface area (TPSA) is 91.0 Å². The summed E-state index contributed by atoms with van der Waals surface area (Å²) in [7, 11) is 3.34. The molecule has 0 radical (unpaired) electrons. The molecule has 0 aliphatic carbocycles. The molecule has 0 fully saturated rings. The number of amides is 1. The third kappa shape index (κ3) is 3.58. The van der Waals surface area contributed by atoms with Crippen molar-refractivity contribution < 1.29 is 9.53 Å². The maximum absolute atomic E-state index is 12.4. The predicted molar refractivity (Wildman–Crippen MR) is 97.2 cm³/mol. The van der Waals surface area contributed by atoms with Crippen molar-refractivity contribution in [1.29, 1.82) is 0 Å². The second-order valence-corrected chi connectivity index (χ2v) is 6.10. The predicted octanol–water partition coefficient (Wildman–Crippen LogP) is 0.806. The monoisotopic (exact) mass is 355 g/mol. The van der Waals surface area contributed by atoms with E-state index in [9.17, 15) is 9.59 Å². The van der Waals surface area contributed by atoms with E-state index in [-0.39, 0.29) is 18.0 Å². The molecule has 8 nitrogen and oxygen atoms in total. The van der Waals surface area contributed by atoms with Crippen LogP contribution in [-0.4, -0.2) is 38.9 Å². The van der Waals surface area contributed by atoms with E-state index >= 15 is 0 Å². The van der Waals surface area contributed by atoms with Crippen LogP contribution in [0.5, 0.6) is 5.75 Å². The molecule has 2 heterocycles. The van der Waals surface area contributed by atoms with Crippen LogP contribution in [0.1, 0.15) is 11.1 Å². The van der Waals surface area contributed by atoms with Gasteiger partial charge in [0, 0.05) is 13.6 Å². The highest BCUT2D eigenvalue weighted by Gasteiger charge is 2.11. The summed E-state index contributed by atoms with van der Waals surface area (Å²) < 4.78 is 8.15. The molecule has 3 aromatic rings. The number of rotatable bonds is 6. The zero-order valence-corrected chi connectivity index (χ0v) is 15.0. The van der Waals surface area contributed by atoms with Crippen molar-refractivity contribution in [3.8, 4) is 5.75 Å². The number of nitrogens with one attached hydrogen (secondary N) is 1. The van der Waals surface area contributed by atoms with E-state index in [1.165, 1.54) is 21.8 Å². The molecule has 8 heteroatoms. The van der Waals surface area contributed by atoms with Crippen molar-refractivity contribution in [3.63, 3.8) is 0 Å². The number of carbonyl (C=O) groups excluding carboxylic acids is 1. The summed E-state index contributed by atoms with van der Waals surface area (Å²) in [5, 5.41) is 7.24. The number of hydrogen-bond acceptors (Lipinski definition) is 5. The number of ether oxygens (including phenoxy) is 1. The van der Waals surface area contributed by atoms with Crippen LogP contribution in [0.3, 0.4) is 0 Å². The van der Waals surface area contributed by atoms with Crippen LogP contribution in [0.25, 0.3) is 11.0 Å². The van der Waals surface area contributed by atoms with E-state index < -0.39 is 0 Å². The molecule has 2 aromatic heterocycles. The van der Waals surface area contributed by atoms with Gasteiger partial charge in [0.2, 0.25) is 5.91 Å². The fraction of sp³-hybridized carbons (Fsp3) is 0.333. The average Bonchev–Trinajstić information content (AvgIpc) is 2.99. The molecule has 0 atom stereocenters. The van der Waals surface area contributed by atoms with Crippen LogP contribution in [0, 0.1) is 6.92 Å². The molecule has 0 unspecified atom stereocenters. The molecule has 0 spiro atoms. The molecular weight excluding hydrogens is 334 g/mol. The Hall–Kier alpha value is -3.16. The van der Waals surface area contributed by atoms with E-state index in [2.05, 4.69) is 15.4 Å². The molecule has 1 N–H and O–H groups in total. The summed E-state index contributed by atoms with van der Waals surface area (Å²) >= 11 is 0. The molecule has 0 aliphatic heterocycles. The van der Waals surface area contributed by atoms with Gasteiger partial charge < -0.3 is 10.1 Å². The Bertz CT molecular complexity index is 1010. The van der Waals surface area contributed by atoms with Crippen molar-refractivity contribution in [2.75, 3.05) is 13.7 Å². The van der Waals surface area contributed by atoms with Crippen LogP contribution in [0.15, 0.2) is 35.5 Å². The summed E-state index contributed by atoms with van der Waals surface area (Å²) in [5.74, 6) is 0.552. The van der Waals surface area contributed by atoms with Crippen molar-refractivity contribution in [1.82, 2.24) is 24.6 Å². The van der Waals surface area contributed by atoms with Gasteiger partial charge in [0.1, 0.15) is 24.0 Å². The van der Waals surface area contributed by atoms with Crippen LogP contribution < -0.4 is 15.6 Å². The van der Waals surface area contributed by atoms with Crippen molar-refractivity contribution in [3.05, 3.63) is 52.2 Å². The van der Waals surface area contributed by atoms with Gasteiger partial charge in [0.05, 0.1) is 13.3 Å².